The smallest absolute Gasteiger partial charge is 0.0175 e. The van der Waals surface area contributed by atoms with Crippen LogP contribution < -0.4 is 0 Å². The third-order valence-electron chi connectivity index (χ3n) is 3.42. The molecule has 1 aromatic rings. The first-order chi connectivity index (χ1) is 5.86. The average Bonchev–Trinajstić information content (AvgIpc) is 2.53. The molecule has 0 amide bonds. The maximum atomic E-state index is 3.46. The Kier molecular flexibility index (Phi) is 1.40. The van der Waals surface area contributed by atoms with Gasteiger partial charge in [0.2, 0.25) is 0 Å². The van der Waals surface area contributed by atoms with Crippen LogP contribution >= 0.6 is 15.9 Å². The molecule has 0 saturated heterocycles. The van der Waals surface area contributed by atoms with Gasteiger partial charge in [0.1, 0.15) is 0 Å². The second-order valence-corrected chi connectivity index (χ2v) is 4.90. The Morgan fingerprint density at radius 2 is 1.58 bits per heavy atom. The van der Waals surface area contributed by atoms with Crippen LogP contribution in [0.1, 0.15) is 24.3 Å². The Morgan fingerprint density at radius 1 is 1.00 bits per heavy atom. The van der Waals surface area contributed by atoms with Crippen molar-refractivity contribution in [2.45, 2.75) is 18.8 Å². The van der Waals surface area contributed by atoms with Gasteiger partial charge in [-0.05, 0) is 48.3 Å². The summed E-state index contributed by atoms with van der Waals surface area (Å²) < 4.78 is 1.19. The lowest BCUT2D eigenvalue weighted by Gasteiger charge is -2.04. The fourth-order valence-electron chi connectivity index (χ4n) is 2.54. The van der Waals surface area contributed by atoms with Gasteiger partial charge in [-0.2, -0.15) is 0 Å². The quantitative estimate of drug-likeness (QED) is 0.682. The fraction of sp³-hybridized carbons (Fsp3) is 0.455. The first kappa shape index (κ1) is 7.14. The number of hydrogen-bond acceptors (Lipinski definition) is 0. The van der Waals surface area contributed by atoms with Gasteiger partial charge in [0.25, 0.3) is 0 Å². The minimum absolute atomic E-state index is 0.929. The minimum atomic E-state index is 0.929. The highest BCUT2D eigenvalue weighted by atomic mass is 79.9. The fourth-order valence-corrected chi connectivity index (χ4v) is 2.80. The van der Waals surface area contributed by atoms with Gasteiger partial charge in [-0.25, -0.2) is 0 Å². The van der Waals surface area contributed by atoms with Gasteiger partial charge in [0, 0.05) is 4.47 Å². The Bertz CT molecular complexity index is 291. The van der Waals surface area contributed by atoms with Crippen molar-refractivity contribution in [3.63, 3.8) is 0 Å². The van der Waals surface area contributed by atoms with E-state index in [1.54, 1.807) is 5.56 Å². The number of benzene rings is 1. The molecule has 0 aromatic heterocycles. The summed E-state index contributed by atoms with van der Waals surface area (Å²) in [5.74, 6) is 3.05. The van der Waals surface area contributed by atoms with E-state index in [2.05, 4.69) is 40.2 Å². The molecular formula is C11H11Br. The molecular weight excluding hydrogens is 212 g/mol. The van der Waals surface area contributed by atoms with Crippen LogP contribution in [0.4, 0.5) is 0 Å². The Labute approximate surface area is 81.1 Å². The molecule has 0 spiro atoms. The molecule has 0 N–H and O–H groups in total. The summed E-state index contributed by atoms with van der Waals surface area (Å²) in [6, 6.07) is 8.86. The van der Waals surface area contributed by atoms with Crippen LogP contribution in [0.25, 0.3) is 0 Å². The molecule has 0 heterocycles. The monoisotopic (exact) mass is 222 g/mol. The van der Waals surface area contributed by atoms with E-state index in [0.29, 0.717) is 0 Å². The van der Waals surface area contributed by atoms with Crippen LogP contribution in [-0.4, -0.2) is 0 Å². The normalized spacial score (nSPS) is 36.9. The third kappa shape index (κ3) is 0.891. The highest BCUT2D eigenvalue weighted by molar-refractivity contribution is 9.10. The van der Waals surface area contributed by atoms with Gasteiger partial charge >= 0.3 is 0 Å². The molecule has 0 radical (unpaired) electrons. The maximum Gasteiger partial charge on any atom is 0.0175 e. The summed E-state index contributed by atoms with van der Waals surface area (Å²) in [4.78, 5) is 0. The highest BCUT2D eigenvalue weighted by Crippen LogP contribution is 2.66. The molecule has 12 heavy (non-hydrogen) atoms. The number of hydrogen-bond donors (Lipinski definition) is 0. The second-order valence-electron chi connectivity index (χ2n) is 3.98. The molecule has 2 fully saturated rings. The molecule has 2 aliphatic rings. The van der Waals surface area contributed by atoms with Crippen molar-refractivity contribution in [2.24, 2.45) is 11.8 Å². The van der Waals surface area contributed by atoms with E-state index < -0.39 is 0 Å². The molecule has 2 atom stereocenters. The van der Waals surface area contributed by atoms with Crippen LogP contribution in [0.15, 0.2) is 28.7 Å². The van der Waals surface area contributed by atoms with Crippen LogP contribution in [0, 0.1) is 11.8 Å². The average molecular weight is 223 g/mol. The molecule has 62 valence electrons. The first-order valence-electron chi connectivity index (χ1n) is 4.62. The van der Waals surface area contributed by atoms with Crippen LogP contribution in [0.2, 0.25) is 0 Å². The second kappa shape index (κ2) is 2.35. The standard InChI is InChI=1S/C11H11Br/c12-8-3-1-7(2-4-8)11-9-5-6-10(9)11/h1-4,9-11H,5-6H2. The van der Waals surface area contributed by atoms with Crippen LogP contribution in [0.5, 0.6) is 0 Å². The first-order valence-corrected chi connectivity index (χ1v) is 5.41. The number of rotatable bonds is 1. The molecule has 2 saturated carbocycles. The third-order valence-corrected chi connectivity index (χ3v) is 3.95. The van der Waals surface area contributed by atoms with Crippen LogP contribution in [-0.2, 0) is 0 Å². The van der Waals surface area contributed by atoms with E-state index in [-0.39, 0.29) is 0 Å². The van der Waals surface area contributed by atoms with Gasteiger partial charge in [-0.15, -0.1) is 0 Å². The number of halogens is 1. The molecule has 2 aliphatic carbocycles. The molecule has 0 aliphatic heterocycles. The van der Waals surface area contributed by atoms with E-state index in [1.165, 1.54) is 17.3 Å². The summed E-state index contributed by atoms with van der Waals surface area (Å²) in [6.07, 6.45) is 2.96. The molecule has 3 rings (SSSR count). The van der Waals surface area contributed by atoms with E-state index in [0.717, 1.165) is 17.8 Å². The van der Waals surface area contributed by atoms with Crippen molar-refractivity contribution in [2.75, 3.05) is 0 Å². The van der Waals surface area contributed by atoms with Crippen molar-refractivity contribution >= 4 is 15.9 Å². The van der Waals surface area contributed by atoms with E-state index in [9.17, 15) is 0 Å². The van der Waals surface area contributed by atoms with Gasteiger partial charge in [0.15, 0.2) is 0 Å². The molecule has 1 aromatic carbocycles. The lowest BCUT2D eigenvalue weighted by molar-refractivity contribution is 0.468. The molecule has 2 unspecified atom stereocenters. The maximum absolute atomic E-state index is 3.46. The summed E-state index contributed by atoms with van der Waals surface area (Å²) in [5.41, 5.74) is 1.56. The molecule has 0 nitrogen and oxygen atoms in total. The minimum Gasteiger partial charge on any atom is -0.0576 e. The summed E-state index contributed by atoms with van der Waals surface area (Å²) in [6.45, 7) is 0. The van der Waals surface area contributed by atoms with E-state index in [4.69, 9.17) is 0 Å². The van der Waals surface area contributed by atoms with Gasteiger partial charge in [-0.1, -0.05) is 28.1 Å². The lowest BCUT2D eigenvalue weighted by atomic mass is 10.0. The predicted octanol–water partition coefficient (Wildman–Crippen LogP) is 3.57. The van der Waals surface area contributed by atoms with Crippen molar-refractivity contribution in [1.82, 2.24) is 0 Å². The SMILES string of the molecule is Brc1ccc(C2C3CCC32)cc1. The van der Waals surface area contributed by atoms with Crippen molar-refractivity contribution in [3.8, 4) is 0 Å². The van der Waals surface area contributed by atoms with E-state index >= 15 is 0 Å². The lowest BCUT2D eigenvalue weighted by Crippen LogP contribution is -1.93. The van der Waals surface area contributed by atoms with Gasteiger partial charge in [0.05, 0.1) is 0 Å². The van der Waals surface area contributed by atoms with E-state index in [1.807, 2.05) is 0 Å². The Morgan fingerprint density at radius 3 is 2.08 bits per heavy atom. The van der Waals surface area contributed by atoms with Crippen LogP contribution in [0.3, 0.4) is 0 Å². The zero-order valence-corrected chi connectivity index (χ0v) is 8.42. The van der Waals surface area contributed by atoms with Crippen molar-refractivity contribution in [1.29, 1.82) is 0 Å². The van der Waals surface area contributed by atoms with Crippen molar-refractivity contribution < 1.29 is 0 Å². The largest absolute Gasteiger partial charge is 0.0576 e. The van der Waals surface area contributed by atoms with Crippen molar-refractivity contribution in [3.05, 3.63) is 34.3 Å². The summed E-state index contributed by atoms with van der Waals surface area (Å²) in [5, 5.41) is 0. The molecule has 1 heteroatoms. The summed E-state index contributed by atoms with van der Waals surface area (Å²) >= 11 is 3.46. The highest BCUT2D eigenvalue weighted by Gasteiger charge is 2.56. The van der Waals surface area contributed by atoms with Gasteiger partial charge in [-0.3, -0.25) is 0 Å². The predicted molar refractivity (Wildman–Crippen MR) is 53.1 cm³/mol. The zero-order chi connectivity index (χ0) is 8.13. The zero-order valence-electron chi connectivity index (χ0n) is 6.83. The summed E-state index contributed by atoms with van der Waals surface area (Å²) in [7, 11) is 0. The topological polar surface area (TPSA) is 0 Å². The van der Waals surface area contributed by atoms with Gasteiger partial charge < -0.3 is 0 Å². The molecule has 0 bridgehead atoms. The Hall–Kier alpha value is -0.300. The number of fused-ring (bicyclic) bond motifs is 1. The Balaban J connectivity index is 1.88.